The van der Waals surface area contributed by atoms with Crippen LogP contribution in [0.3, 0.4) is 0 Å². The van der Waals surface area contributed by atoms with E-state index in [1.807, 2.05) is 24.3 Å². The van der Waals surface area contributed by atoms with Gasteiger partial charge in [0.15, 0.2) is 0 Å². The minimum absolute atomic E-state index is 0.0173. The molecule has 3 aromatic rings. The van der Waals surface area contributed by atoms with E-state index in [0.29, 0.717) is 21.4 Å². The maximum atomic E-state index is 10.8. The number of hydrogen-bond acceptors (Lipinski definition) is 4. The van der Waals surface area contributed by atoms with Crippen LogP contribution in [0.1, 0.15) is 11.4 Å². The highest BCUT2D eigenvalue weighted by Gasteiger charge is 2.11. The number of aromatic nitrogens is 2. The molecule has 0 aliphatic carbocycles. The fraction of sp³-hybridized carbons (Fsp3) is 0. The molecule has 0 spiro atoms. The molecule has 0 saturated heterocycles. The molecule has 6 nitrogen and oxygen atoms in total. The summed E-state index contributed by atoms with van der Waals surface area (Å²) in [6.07, 6.45) is 1.63. The number of benzene rings is 2. The number of para-hydroxylation sites is 2. The second-order valence-corrected chi connectivity index (χ2v) is 5.59. The number of hydrogen-bond donors (Lipinski definition) is 1. The first-order chi connectivity index (χ1) is 11.1. The number of nitrogens with one attached hydrogen (secondary N) is 1. The second-order valence-electron chi connectivity index (χ2n) is 4.74. The summed E-state index contributed by atoms with van der Waals surface area (Å²) in [5, 5.41) is 20.2. The maximum Gasteiger partial charge on any atom is 0.270 e. The van der Waals surface area contributed by atoms with Gasteiger partial charge in [0.25, 0.3) is 5.69 Å². The molecule has 7 heteroatoms. The normalized spacial score (nSPS) is 11.4. The molecule has 0 radical (unpaired) electrons. The Bertz CT molecular complexity index is 952. The summed E-state index contributed by atoms with van der Waals surface area (Å²) in [7, 11) is 0. The van der Waals surface area contributed by atoms with E-state index in [2.05, 4.69) is 32.0 Å². The van der Waals surface area contributed by atoms with Crippen LogP contribution in [-0.4, -0.2) is 14.9 Å². The van der Waals surface area contributed by atoms with E-state index in [1.54, 1.807) is 12.1 Å². The van der Waals surface area contributed by atoms with Crippen molar-refractivity contribution in [2.24, 2.45) is 0 Å². The average molecular weight is 369 g/mol. The van der Waals surface area contributed by atoms with Crippen LogP contribution in [0.5, 0.6) is 0 Å². The monoisotopic (exact) mass is 368 g/mol. The lowest BCUT2D eigenvalue weighted by molar-refractivity contribution is -0.384. The number of H-pyrrole nitrogens is 1. The number of allylic oxidation sites excluding steroid dienone is 1. The molecular weight excluding hydrogens is 360 g/mol. The Balaban J connectivity index is 2.05. The molecule has 112 valence electrons. The number of non-ortho nitro benzene ring substituents is 1. The van der Waals surface area contributed by atoms with E-state index in [-0.39, 0.29) is 5.69 Å². The fourth-order valence-electron chi connectivity index (χ4n) is 2.14. The zero-order valence-corrected chi connectivity index (χ0v) is 13.2. The minimum atomic E-state index is -0.470. The summed E-state index contributed by atoms with van der Waals surface area (Å²) in [5.41, 5.74) is 2.59. The summed E-state index contributed by atoms with van der Waals surface area (Å²) < 4.78 is 0.538. The van der Waals surface area contributed by atoms with Gasteiger partial charge in [0.05, 0.1) is 21.5 Å². The lowest BCUT2D eigenvalue weighted by Gasteiger charge is -2.00. The molecular formula is C16H9BrN4O2. The van der Waals surface area contributed by atoms with Crippen molar-refractivity contribution in [1.82, 2.24) is 9.97 Å². The van der Waals surface area contributed by atoms with Gasteiger partial charge in [-0.15, -0.1) is 0 Å². The number of nitro groups is 1. The number of aromatic amines is 1. The van der Waals surface area contributed by atoms with Gasteiger partial charge in [-0.2, -0.15) is 5.26 Å². The summed E-state index contributed by atoms with van der Waals surface area (Å²) in [6, 6.07) is 14.0. The smallest absolute Gasteiger partial charge is 0.270 e. The highest BCUT2D eigenvalue weighted by atomic mass is 79.9. The average Bonchev–Trinajstić information content (AvgIpc) is 2.97. The zero-order valence-electron chi connectivity index (χ0n) is 11.7. The highest BCUT2D eigenvalue weighted by molar-refractivity contribution is 9.10. The van der Waals surface area contributed by atoms with Crippen LogP contribution in [0, 0.1) is 21.4 Å². The van der Waals surface area contributed by atoms with E-state index in [4.69, 9.17) is 0 Å². The zero-order chi connectivity index (χ0) is 16.4. The Morgan fingerprint density at radius 2 is 2.13 bits per heavy atom. The molecule has 0 saturated carbocycles. The fourth-order valence-corrected chi connectivity index (χ4v) is 2.62. The van der Waals surface area contributed by atoms with Crippen LogP contribution in [0.25, 0.3) is 22.7 Å². The lowest BCUT2D eigenvalue weighted by Crippen LogP contribution is -1.89. The Kier molecular flexibility index (Phi) is 3.91. The number of rotatable bonds is 3. The van der Waals surface area contributed by atoms with E-state index in [1.165, 1.54) is 12.1 Å². The largest absolute Gasteiger partial charge is 0.337 e. The van der Waals surface area contributed by atoms with E-state index >= 15 is 0 Å². The molecule has 0 unspecified atom stereocenters. The minimum Gasteiger partial charge on any atom is -0.337 e. The quantitative estimate of drug-likeness (QED) is 0.423. The van der Waals surface area contributed by atoms with Gasteiger partial charge in [-0.3, -0.25) is 10.1 Å². The van der Waals surface area contributed by atoms with Gasteiger partial charge in [0.2, 0.25) is 0 Å². The van der Waals surface area contributed by atoms with Crippen molar-refractivity contribution in [3.05, 3.63) is 68.4 Å². The molecule has 0 amide bonds. The molecule has 23 heavy (non-hydrogen) atoms. The number of halogens is 1. The molecule has 0 fully saturated rings. The number of nitro benzene ring substituents is 1. The first-order valence-corrected chi connectivity index (χ1v) is 7.38. The van der Waals surface area contributed by atoms with Gasteiger partial charge in [-0.1, -0.05) is 12.1 Å². The van der Waals surface area contributed by atoms with Crippen molar-refractivity contribution in [1.29, 1.82) is 5.26 Å². The summed E-state index contributed by atoms with van der Waals surface area (Å²) >= 11 is 3.29. The number of fused-ring (bicyclic) bond motifs is 1. The summed E-state index contributed by atoms with van der Waals surface area (Å²) in [6.45, 7) is 0. The third-order valence-electron chi connectivity index (χ3n) is 3.26. The van der Waals surface area contributed by atoms with Crippen molar-refractivity contribution in [2.45, 2.75) is 0 Å². The molecule has 1 heterocycles. The van der Waals surface area contributed by atoms with Crippen molar-refractivity contribution < 1.29 is 4.92 Å². The van der Waals surface area contributed by atoms with Crippen molar-refractivity contribution in [3.8, 4) is 6.07 Å². The van der Waals surface area contributed by atoms with Gasteiger partial charge in [-0.05, 0) is 45.8 Å². The SMILES string of the molecule is N#C/C(=C/c1ccc([N+](=O)[O-])cc1Br)c1nc2ccccc2[nH]1. The number of nitriles is 1. The second kappa shape index (κ2) is 6.02. The van der Waals surface area contributed by atoms with Gasteiger partial charge in [0, 0.05) is 16.6 Å². The molecule has 0 aliphatic heterocycles. The Morgan fingerprint density at radius 1 is 1.35 bits per heavy atom. The van der Waals surface area contributed by atoms with Gasteiger partial charge in [-0.25, -0.2) is 4.98 Å². The van der Waals surface area contributed by atoms with E-state index in [9.17, 15) is 15.4 Å². The Labute approximate surface area is 139 Å². The molecule has 0 bridgehead atoms. The summed E-state index contributed by atoms with van der Waals surface area (Å²) in [4.78, 5) is 17.8. The molecule has 0 atom stereocenters. The van der Waals surface area contributed by atoms with Gasteiger partial charge < -0.3 is 4.98 Å². The van der Waals surface area contributed by atoms with Crippen molar-refractivity contribution in [3.63, 3.8) is 0 Å². The van der Waals surface area contributed by atoms with E-state index in [0.717, 1.165) is 11.0 Å². The van der Waals surface area contributed by atoms with E-state index < -0.39 is 4.92 Å². The Morgan fingerprint density at radius 3 is 2.78 bits per heavy atom. The molecule has 1 aromatic heterocycles. The maximum absolute atomic E-state index is 10.8. The molecule has 2 aromatic carbocycles. The third kappa shape index (κ3) is 2.98. The van der Waals surface area contributed by atoms with Crippen LogP contribution in [0.2, 0.25) is 0 Å². The van der Waals surface area contributed by atoms with Crippen LogP contribution >= 0.6 is 15.9 Å². The predicted octanol–water partition coefficient (Wildman–Crippen LogP) is 4.30. The van der Waals surface area contributed by atoms with Crippen molar-refractivity contribution >= 4 is 44.3 Å². The number of imidazole rings is 1. The van der Waals surface area contributed by atoms with Gasteiger partial charge in [0.1, 0.15) is 11.9 Å². The first-order valence-electron chi connectivity index (χ1n) is 6.59. The number of nitrogens with zero attached hydrogens (tertiary/aromatic N) is 3. The predicted molar refractivity (Wildman–Crippen MR) is 90.4 cm³/mol. The molecule has 3 rings (SSSR count). The van der Waals surface area contributed by atoms with Gasteiger partial charge >= 0.3 is 0 Å². The van der Waals surface area contributed by atoms with Crippen LogP contribution in [0.15, 0.2) is 46.9 Å². The van der Waals surface area contributed by atoms with Crippen LogP contribution in [0.4, 0.5) is 5.69 Å². The summed E-state index contributed by atoms with van der Waals surface area (Å²) in [5.74, 6) is 0.457. The van der Waals surface area contributed by atoms with Crippen LogP contribution < -0.4 is 0 Å². The standard InChI is InChI=1S/C16H9BrN4O2/c17-13-8-12(21(22)23)6-5-10(13)7-11(9-18)16-19-14-3-1-2-4-15(14)20-16/h1-8H,(H,19,20)/b11-7-. The lowest BCUT2D eigenvalue weighted by atomic mass is 10.1. The molecule has 1 N–H and O–H groups in total. The van der Waals surface area contributed by atoms with Crippen molar-refractivity contribution in [2.75, 3.05) is 0 Å². The highest BCUT2D eigenvalue weighted by Crippen LogP contribution is 2.27. The third-order valence-corrected chi connectivity index (χ3v) is 3.95. The topological polar surface area (TPSA) is 95.6 Å². The molecule has 0 aliphatic rings. The van der Waals surface area contributed by atoms with Crippen LogP contribution in [-0.2, 0) is 0 Å². The first kappa shape index (κ1) is 14.9. The Hall–Kier alpha value is -2.98.